The molecule has 6 rings (SSSR count). The van der Waals surface area contributed by atoms with Crippen LogP contribution < -0.4 is 0 Å². The van der Waals surface area contributed by atoms with Gasteiger partial charge < -0.3 is 0 Å². The van der Waals surface area contributed by atoms with E-state index in [2.05, 4.69) is 91.0 Å². The van der Waals surface area contributed by atoms with Crippen molar-refractivity contribution in [3.63, 3.8) is 0 Å². The van der Waals surface area contributed by atoms with Gasteiger partial charge in [-0.15, -0.1) is 0 Å². The van der Waals surface area contributed by atoms with E-state index in [1.165, 1.54) is 57.1 Å². The van der Waals surface area contributed by atoms with Gasteiger partial charge in [0.2, 0.25) is 0 Å². The predicted molar refractivity (Wildman–Crippen MR) is 125 cm³/mol. The fraction of sp³-hybridized carbons (Fsp3) is 0.172. The SMILES string of the molecule is c1ccc2c(CC3CCCc4c3ccc3c4ccc4ccccc43)cccc2c1. The van der Waals surface area contributed by atoms with Crippen LogP contribution in [0.5, 0.6) is 0 Å². The van der Waals surface area contributed by atoms with Gasteiger partial charge >= 0.3 is 0 Å². The van der Waals surface area contributed by atoms with Gasteiger partial charge in [-0.05, 0) is 80.6 Å². The monoisotopic (exact) mass is 372 g/mol. The molecule has 0 spiro atoms. The van der Waals surface area contributed by atoms with Crippen LogP contribution in [0.1, 0.15) is 35.4 Å². The average molecular weight is 373 g/mol. The van der Waals surface area contributed by atoms with E-state index in [0.29, 0.717) is 5.92 Å². The van der Waals surface area contributed by atoms with Gasteiger partial charge in [0.05, 0.1) is 0 Å². The summed E-state index contributed by atoms with van der Waals surface area (Å²) < 4.78 is 0. The third kappa shape index (κ3) is 2.75. The number of aryl methyl sites for hydroxylation is 1. The highest BCUT2D eigenvalue weighted by Gasteiger charge is 2.23. The molecule has 5 aromatic rings. The van der Waals surface area contributed by atoms with Gasteiger partial charge in [0.25, 0.3) is 0 Å². The van der Waals surface area contributed by atoms with Crippen LogP contribution in [0, 0.1) is 0 Å². The Bertz CT molecular complexity index is 1350. The number of rotatable bonds is 2. The highest BCUT2D eigenvalue weighted by atomic mass is 14.3. The van der Waals surface area contributed by atoms with Gasteiger partial charge in [-0.2, -0.15) is 0 Å². The molecule has 1 aliphatic rings. The van der Waals surface area contributed by atoms with Crippen LogP contribution in [0.15, 0.2) is 91.0 Å². The van der Waals surface area contributed by atoms with Crippen molar-refractivity contribution in [3.05, 3.63) is 108 Å². The zero-order chi connectivity index (χ0) is 19.2. The smallest absolute Gasteiger partial charge is 0.0102 e. The lowest BCUT2D eigenvalue weighted by atomic mass is 9.77. The Morgan fingerprint density at radius 3 is 2.21 bits per heavy atom. The Balaban J connectivity index is 1.48. The van der Waals surface area contributed by atoms with Crippen molar-refractivity contribution in [2.24, 2.45) is 0 Å². The van der Waals surface area contributed by atoms with E-state index in [0.717, 1.165) is 6.42 Å². The summed E-state index contributed by atoms with van der Waals surface area (Å²) in [6.07, 6.45) is 4.91. The highest BCUT2D eigenvalue weighted by molar-refractivity contribution is 6.08. The first kappa shape index (κ1) is 16.8. The maximum atomic E-state index is 2.43. The second-order valence-electron chi connectivity index (χ2n) is 8.45. The van der Waals surface area contributed by atoms with Crippen molar-refractivity contribution in [1.82, 2.24) is 0 Å². The molecule has 29 heavy (non-hydrogen) atoms. The standard InChI is InChI=1S/C29H24/c1-3-12-24-20(7-1)9-5-10-22(24)19-23-11-6-14-27-26(23)17-18-28-25-13-4-2-8-21(25)15-16-29(27)28/h1-5,7-10,12-13,15-18,23H,6,11,14,19H2. The lowest BCUT2D eigenvalue weighted by Gasteiger charge is -2.27. The fourth-order valence-corrected chi connectivity index (χ4v) is 5.46. The topological polar surface area (TPSA) is 0 Å². The van der Waals surface area contributed by atoms with Crippen LogP contribution in [-0.2, 0) is 12.8 Å². The summed E-state index contributed by atoms with van der Waals surface area (Å²) in [5.74, 6) is 0.612. The number of benzene rings is 5. The van der Waals surface area contributed by atoms with Crippen LogP contribution in [0.3, 0.4) is 0 Å². The van der Waals surface area contributed by atoms with Crippen molar-refractivity contribution >= 4 is 32.3 Å². The Morgan fingerprint density at radius 2 is 1.31 bits per heavy atom. The summed E-state index contributed by atoms with van der Waals surface area (Å²) in [4.78, 5) is 0. The molecule has 0 fully saturated rings. The molecule has 1 atom stereocenters. The summed E-state index contributed by atoms with van der Waals surface area (Å²) in [7, 11) is 0. The lowest BCUT2D eigenvalue weighted by Crippen LogP contribution is -2.13. The largest absolute Gasteiger partial charge is 0.0616 e. The third-order valence-corrected chi connectivity index (χ3v) is 6.84. The first-order valence-corrected chi connectivity index (χ1v) is 10.8. The maximum Gasteiger partial charge on any atom is -0.0102 e. The molecule has 0 radical (unpaired) electrons. The fourth-order valence-electron chi connectivity index (χ4n) is 5.46. The molecule has 1 unspecified atom stereocenters. The highest BCUT2D eigenvalue weighted by Crippen LogP contribution is 2.40. The molecule has 1 aliphatic carbocycles. The Hall–Kier alpha value is -3.12. The normalized spacial score (nSPS) is 16.3. The first-order chi connectivity index (χ1) is 14.4. The zero-order valence-corrected chi connectivity index (χ0v) is 16.6. The molecule has 0 aliphatic heterocycles. The predicted octanol–water partition coefficient (Wildman–Crippen LogP) is 7.81. The zero-order valence-electron chi connectivity index (χ0n) is 16.6. The number of hydrogen-bond donors (Lipinski definition) is 0. The molecule has 0 heterocycles. The van der Waals surface area contributed by atoms with Crippen LogP contribution in [0.2, 0.25) is 0 Å². The Labute approximate surface area is 171 Å². The number of fused-ring (bicyclic) bond motifs is 6. The molecule has 0 N–H and O–H groups in total. The molecular weight excluding hydrogens is 348 g/mol. The van der Waals surface area contributed by atoms with Gasteiger partial charge in [0.15, 0.2) is 0 Å². The minimum Gasteiger partial charge on any atom is -0.0616 e. The number of hydrogen-bond acceptors (Lipinski definition) is 0. The minimum atomic E-state index is 0.612. The van der Waals surface area contributed by atoms with Crippen LogP contribution >= 0.6 is 0 Å². The Kier molecular flexibility index (Phi) is 3.90. The van der Waals surface area contributed by atoms with Gasteiger partial charge in [-0.1, -0.05) is 91.0 Å². The average Bonchev–Trinajstić information content (AvgIpc) is 2.79. The van der Waals surface area contributed by atoms with Gasteiger partial charge in [0, 0.05) is 0 Å². The van der Waals surface area contributed by atoms with Crippen molar-refractivity contribution in [1.29, 1.82) is 0 Å². The molecule has 0 saturated carbocycles. The Morgan fingerprint density at radius 1 is 0.586 bits per heavy atom. The molecule has 0 amide bonds. The van der Waals surface area contributed by atoms with Crippen LogP contribution in [0.25, 0.3) is 32.3 Å². The molecule has 0 saturated heterocycles. The molecule has 0 bridgehead atoms. The van der Waals surface area contributed by atoms with Crippen LogP contribution in [0.4, 0.5) is 0 Å². The third-order valence-electron chi connectivity index (χ3n) is 6.84. The molecule has 140 valence electrons. The van der Waals surface area contributed by atoms with Crippen LogP contribution in [-0.4, -0.2) is 0 Å². The van der Waals surface area contributed by atoms with Crippen molar-refractivity contribution in [2.45, 2.75) is 31.6 Å². The summed E-state index contributed by atoms with van der Waals surface area (Å²) >= 11 is 0. The lowest BCUT2D eigenvalue weighted by molar-refractivity contribution is 0.554. The van der Waals surface area contributed by atoms with E-state index < -0.39 is 0 Å². The second-order valence-corrected chi connectivity index (χ2v) is 8.45. The van der Waals surface area contributed by atoms with Gasteiger partial charge in [0.1, 0.15) is 0 Å². The molecule has 5 aromatic carbocycles. The molecule has 0 nitrogen and oxygen atoms in total. The van der Waals surface area contributed by atoms with E-state index in [1.807, 2.05) is 0 Å². The summed E-state index contributed by atoms with van der Waals surface area (Å²) in [6, 6.07) is 33.8. The summed E-state index contributed by atoms with van der Waals surface area (Å²) in [5, 5.41) is 8.35. The van der Waals surface area contributed by atoms with Crippen molar-refractivity contribution in [3.8, 4) is 0 Å². The van der Waals surface area contributed by atoms with Crippen molar-refractivity contribution in [2.75, 3.05) is 0 Å². The first-order valence-electron chi connectivity index (χ1n) is 10.8. The molecule has 0 heteroatoms. The van der Waals surface area contributed by atoms with E-state index in [9.17, 15) is 0 Å². The van der Waals surface area contributed by atoms with E-state index in [4.69, 9.17) is 0 Å². The summed E-state index contributed by atoms with van der Waals surface area (Å²) in [6.45, 7) is 0. The van der Waals surface area contributed by atoms with E-state index >= 15 is 0 Å². The van der Waals surface area contributed by atoms with Gasteiger partial charge in [-0.3, -0.25) is 0 Å². The maximum absolute atomic E-state index is 2.43. The van der Waals surface area contributed by atoms with E-state index in [-0.39, 0.29) is 0 Å². The second kappa shape index (κ2) is 6.74. The quantitative estimate of drug-likeness (QED) is 0.277. The minimum absolute atomic E-state index is 0.612. The van der Waals surface area contributed by atoms with Crippen molar-refractivity contribution < 1.29 is 0 Å². The van der Waals surface area contributed by atoms with E-state index in [1.54, 1.807) is 11.1 Å². The summed E-state index contributed by atoms with van der Waals surface area (Å²) in [5.41, 5.74) is 4.65. The molecule has 0 aromatic heterocycles. The van der Waals surface area contributed by atoms with Gasteiger partial charge in [-0.25, -0.2) is 0 Å². The molecular formula is C29H24.